The predicted molar refractivity (Wildman–Crippen MR) is 102 cm³/mol. The standard InChI is InChI=1S/C16H29NOSSi2/c1-8-18-16(19)15-11-9-14(10-12-15)13-17(20(2,3)4)21(5,6)7/h9-12H,8,13H2,1-7H3. The molecule has 0 amide bonds. The molecule has 0 fully saturated rings. The number of hydrogen-bond donors (Lipinski definition) is 0. The monoisotopic (exact) mass is 339 g/mol. The van der Waals surface area contributed by atoms with E-state index in [2.05, 4.69) is 67.8 Å². The lowest BCUT2D eigenvalue weighted by Gasteiger charge is -2.43. The van der Waals surface area contributed by atoms with Crippen molar-refractivity contribution in [3.05, 3.63) is 35.4 Å². The van der Waals surface area contributed by atoms with Crippen LogP contribution in [-0.2, 0) is 11.3 Å². The summed E-state index contributed by atoms with van der Waals surface area (Å²) in [7, 11) is -2.62. The van der Waals surface area contributed by atoms with Gasteiger partial charge in [0.2, 0.25) is 0 Å². The minimum absolute atomic E-state index is 0.594. The molecule has 0 aromatic heterocycles. The van der Waals surface area contributed by atoms with Crippen LogP contribution in [0.5, 0.6) is 0 Å². The summed E-state index contributed by atoms with van der Waals surface area (Å²) < 4.78 is 8.18. The number of hydrogen-bond acceptors (Lipinski definition) is 3. The van der Waals surface area contributed by atoms with Gasteiger partial charge in [-0.15, -0.1) is 0 Å². The zero-order chi connectivity index (χ0) is 16.3. The molecule has 21 heavy (non-hydrogen) atoms. The Hall–Kier alpha value is -0.496. The predicted octanol–water partition coefficient (Wildman–Crippen LogP) is 4.87. The molecule has 0 unspecified atom stereocenters. The number of rotatable bonds is 6. The van der Waals surface area contributed by atoms with Gasteiger partial charge in [-0.25, -0.2) is 0 Å². The van der Waals surface area contributed by atoms with E-state index >= 15 is 0 Å². The maximum atomic E-state index is 5.39. The van der Waals surface area contributed by atoms with Crippen LogP contribution in [0.4, 0.5) is 0 Å². The summed E-state index contributed by atoms with van der Waals surface area (Å²) in [6, 6.07) is 8.54. The second-order valence-corrected chi connectivity index (χ2v) is 17.9. The van der Waals surface area contributed by atoms with Gasteiger partial charge in [-0.1, -0.05) is 63.5 Å². The normalized spacial score (nSPS) is 12.6. The number of thiocarbonyl (C=S) groups is 1. The summed E-state index contributed by atoms with van der Waals surface area (Å²) in [4.78, 5) is 0. The minimum Gasteiger partial charge on any atom is -0.483 e. The van der Waals surface area contributed by atoms with Crippen molar-refractivity contribution in [2.75, 3.05) is 6.61 Å². The highest BCUT2D eigenvalue weighted by atomic mass is 32.1. The minimum atomic E-state index is -1.31. The topological polar surface area (TPSA) is 12.5 Å². The van der Waals surface area contributed by atoms with Crippen molar-refractivity contribution < 1.29 is 4.74 Å². The Kier molecular flexibility index (Phi) is 6.34. The Morgan fingerprint density at radius 1 is 1.00 bits per heavy atom. The van der Waals surface area contributed by atoms with Crippen LogP contribution in [0, 0.1) is 0 Å². The molecule has 0 aliphatic rings. The fraction of sp³-hybridized carbons (Fsp3) is 0.562. The van der Waals surface area contributed by atoms with Gasteiger partial charge in [0.15, 0.2) is 5.05 Å². The Balaban J connectivity index is 2.89. The van der Waals surface area contributed by atoms with Crippen LogP contribution in [0.2, 0.25) is 39.3 Å². The smallest absolute Gasteiger partial charge is 0.191 e. The van der Waals surface area contributed by atoms with Gasteiger partial charge in [-0.3, -0.25) is 0 Å². The number of nitrogens with zero attached hydrogens (tertiary/aromatic N) is 1. The Morgan fingerprint density at radius 2 is 1.48 bits per heavy atom. The van der Waals surface area contributed by atoms with Gasteiger partial charge < -0.3 is 8.97 Å². The summed E-state index contributed by atoms with van der Waals surface area (Å²) in [6.07, 6.45) is 0. The zero-order valence-electron chi connectivity index (χ0n) is 14.5. The van der Waals surface area contributed by atoms with Crippen molar-refractivity contribution in [3.63, 3.8) is 0 Å². The molecule has 0 aliphatic heterocycles. The van der Waals surface area contributed by atoms with Crippen LogP contribution in [0.15, 0.2) is 24.3 Å². The summed E-state index contributed by atoms with van der Waals surface area (Å²) in [5, 5.41) is 0.594. The highest BCUT2D eigenvalue weighted by molar-refractivity contribution is 7.80. The molecule has 1 aromatic rings. The first-order chi connectivity index (χ1) is 9.55. The van der Waals surface area contributed by atoms with Crippen LogP contribution < -0.4 is 0 Å². The van der Waals surface area contributed by atoms with Gasteiger partial charge in [-0.2, -0.15) is 0 Å². The fourth-order valence-electron chi connectivity index (χ4n) is 2.62. The van der Waals surface area contributed by atoms with E-state index in [1.807, 2.05) is 6.92 Å². The largest absolute Gasteiger partial charge is 0.483 e. The van der Waals surface area contributed by atoms with Gasteiger partial charge in [0, 0.05) is 12.1 Å². The van der Waals surface area contributed by atoms with Gasteiger partial charge in [0.1, 0.15) is 16.5 Å². The van der Waals surface area contributed by atoms with Crippen molar-refractivity contribution in [3.8, 4) is 0 Å². The molecule has 0 spiro atoms. The third kappa shape index (κ3) is 5.66. The van der Waals surface area contributed by atoms with E-state index in [4.69, 9.17) is 17.0 Å². The molecule has 1 aromatic carbocycles. The molecule has 0 bridgehead atoms. The van der Waals surface area contributed by atoms with Crippen molar-refractivity contribution in [1.82, 2.24) is 4.23 Å². The maximum Gasteiger partial charge on any atom is 0.191 e. The number of benzene rings is 1. The Labute approximate surface area is 137 Å². The molecule has 5 heteroatoms. The van der Waals surface area contributed by atoms with E-state index in [1.165, 1.54) is 5.56 Å². The third-order valence-electron chi connectivity index (χ3n) is 3.43. The average Bonchev–Trinajstić information content (AvgIpc) is 2.34. The molecule has 0 saturated heterocycles. The Morgan fingerprint density at radius 3 is 1.86 bits per heavy atom. The van der Waals surface area contributed by atoms with Gasteiger partial charge in [0.05, 0.1) is 6.61 Å². The first kappa shape index (κ1) is 18.6. The van der Waals surface area contributed by atoms with E-state index in [9.17, 15) is 0 Å². The van der Waals surface area contributed by atoms with E-state index in [1.54, 1.807) is 0 Å². The molecule has 2 nitrogen and oxygen atoms in total. The lowest BCUT2D eigenvalue weighted by molar-refractivity contribution is 0.337. The fourth-order valence-corrected chi connectivity index (χ4v) is 12.2. The summed E-state index contributed by atoms with van der Waals surface area (Å²) >= 11 is 5.25. The molecule has 0 aliphatic carbocycles. The average molecular weight is 340 g/mol. The van der Waals surface area contributed by atoms with Crippen molar-refractivity contribution in [1.29, 1.82) is 0 Å². The third-order valence-corrected chi connectivity index (χ3v) is 11.4. The maximum absolute atomic E-state index is 5.39. The van der Waals surface area contributed by atoms with Crippen molar-refractivity contribution >= 4 is 33.7 Å². The highest BCUT2D eigenvalue weighted by Crippen LogP contribution is 2.23. The van der Waals surface area contributed by atoms with Crippen LogP contribution in [0.25, 0.3) is 0 Å². The molecule has 0 atom stereocenters. The van der Waals surface area contributed by atoms with Gasteiger partial charge >= 0.3 is 0 Å². The first-order valence-corrected chi connectivity index (χ1v) is 14.9. The first-order valence-electron chi connectivity index (χ1n) is 7.59. The lowest BCUT2D eigenvalue weighted by Crippen LogP contribution is -2.58. The van der Waals surface area contributed by atoms with E-state index < -0.39 is 16.5 Å². The SMILES string of the molecule is CCOC(=S)c1ccc(CN([Si](C)(C)C)[Si](C)(C)C)cc1. The van der Waals surface area contributed by atoms with E-state index in [0.717, 1.165) is 12.1 Å². The van der Waals surface area contributed by atoms with Gasteiger partial charge in [-0.05, 0) is 24.7 Å². The molecule has 118 valence electrons. The van der Waals surface area contributed by atoms with Crippen molar-refractivity contribution in [2.24, 2.45) is 0 Å². The molecule has 0 heterocycles. The second kappa shape index (κ2) is 7.18. The molecule has 0 saturated carbocycles. The van der Waals surface area contributed by atoms with E-state index in [0.29, 0.717) is 11.7 Å². The van der Waals surface area contributed by atoms with Crippen LogP contribution in [0.1, 0.15) is 18.1 Å². The summed E-state index contributed by atoms with van der Waals surface area (Å²) in [5.41, 5.74) is 2.37. The molecule has 0 N–H and O–H groups in total. The molecular formula is C16H29NOSSi2. The van der Waals surface area contributed by atoms with Crippen molar-refractivity contribution in [2.45, 2.75) is 52.8 Å². The molecular weight excluding hydrogens is 310 g/mol. The number of ether oxygens (including phenoxy) is 1. The highest BCUT2D eigenvalue weighted by Gasteiger charge is 2.34. The summed E-state index contributed by atoms with van der Waals surface area (Å²) in [5.74, 6) is 0. The van der Waals surface area contributed by atoms with Gasteiger partial charge in [0.25, 0.3) is 0 Å². The zero-order valence-corrected chi connectivity index (χ0v) is 17.3. The lowest BCUT2D eigenvalue weighted by atomic mass is 10.1. The van der Waals surface area contributed by atoms with Crippen LogP contribution >= 0.6 is 12.2 Å². The molecule has 0 radical (unpaired) electrons. The Bertz CT molecular complexity index is 461. The second-order valence-electron chi connectivity index (χ2n) is 7.35. The summed E-state index contributed by atoms with van der Waals surface area (Å²) in [6.45, 7) is 18.2. The van der Waals surface area contributed by atoms with E-state index in [-0.39, 0.29) is 0 Å². The van der Waals surface area contributed by atoms with Crippen LogP contribution in [0.3, 0.4) is 0 Å². The molecule has 1 rings (SSSR count). The quantitative estimate of drug-likeness (QED) is 0.542. The van der Waals surface area contributed by atoms with Crippen LogP contribution in [-0.4, -0.2) is 32.4 Å².